The summed E-state index contributed by atoms with van der Waals surface area (Å²) in [6.45, 7) is 0. The molecule has 4 aromatic heterocycles. The van der Waals surface area contributed by atoms with E-state index < -0.39 is 0 Å². The van der Waals surface area contributed by atoms with Crippen LogP contribution in [0.5, 0.6) is 0 Å². The molecule has 0 aliphatic rings. The Bertz CT molecular complexity index is 3440. The van der Waals surface area contributed by atoms with Crippen LogP contribution in [0.2, 0.25) is 0 Å². The minimum absolute atomic E-state index is 0.600. The molecule has 12 aromatic rings. The number of benzene rings is 8. The zero-order valence-corrected chi connectivity index (χ0v) is 30.0. The fourth-order valence-electron chi connectivity index (χ4n) is 8.04. The first-order valence-electron chi connectivity index (χ1n) is 18.3. The summed E-state index contributed by atoms with van der Waals surface area (Å²) >= 11 is 1.83. The van der Waals surface area contributed by atoms with E-state index in [1.54, 1.807) is 0 Å². The molecule has 0 amide bonds. The second-order valence-corrected chi connectivity index (χ2v) is 15.0. The van der Waals surface area contributed by atoms with Crippen LogP contribution in [-0.4, -0.2) is 4.98 Å². The van der Waals surface area contributed by atoms with E-state index in [1.807, 2.05) is 65.9 Å². The van der Waals surface area contributed by atoms with Crippen molar-refractivity contribution in [2.45, 2.75) is 0 Å². The number of anilines is 3. The van der Waals surface area contributed by atoms with E-state index >= 15 is 0 Å². The smallest absolute Gasteiger partial charge is 0.227 e. The van der Waals surface area contributed by atoms with Gasteiger partial charge in [-0.3, -0.25) is 0 Å². The first kappa shape index (κ1) is 30.3. The summed E-state index contributed by atoms with van der Waals surface area (Å²) in [5.41, 5.74) is 11.2. The number of furan rings is 2. The van der Waals surface area contributed by atoms with Gasteiger partial charge in [-0.05, 0) is 96.1 Å². The molecule has 0 atom stereocenters. The normalized spacial score (nSPS) is 12.0. The minimum atomic E-state index is 0.600. The molecule has 0 N–H and O–H groups in total. The maximum absolute atomic E-state index is 6.37. The number of hydrogen-bond acceptors (Lipinski definition) is 6. The first-order valence-corrected chi connectivity index (χ1v) is 19.1. The van der Waals surface area contributed by atoms with Crippen molar-refractivity contribution in [2.75, 3.05) is 4.90 Å². The highest BCUT2D eigenvalue weighted by atomic mass is 32.1. The molecule has 0 fully saturated rings. The van der Waals surface area contributed by atoms with Gasteiger partial charge in [0.2, 0.25) is 5.89 Å². The van der Waals surface area contributed by atoms with Gasteiger partial charge in [0, 0.05) is 76.5 Å². The molecule has 0 saturated carbocycles. The molecule has 258 valence electrons. The lowest BCUT2D eigenvalue weighted by Crippen LogP contribution is -2.09. The van der Waals surface area contributed by atoms with Crippen molar-refractivity contribution in [3.8, 4) is 22.6 Å². The molecule has 0 bridgehead atoms. The van der Waals surface area contributed by atoms with Crippen molar-refractivity contribution in [2.24, 2.45) is 0 Å². The monoisotopic (exact) mass is 724 g/mol. The molecule has 5 nitrogen and oxygen atoms in total. The van der Waals surface area contributed by atoms with Crippen LogP contribution in [-0.2, 0) is 0 Å². The summed E-state index contributed by atoms with van der Waals surface area (Å²) in [6, 6.07) is 59.4. The molecule has 0 spiro atoms. The summed E-state index contributed by atoms with van der Waals surface area (Å²) in [6.07, 6.45) is 0. The Balaban J connectivity index is 0.962. The highest BCUT2D eigenvalue weighted by Gasteiger charge is 2.19. The van der Waals surface area contributed by atoms with E-state index in [0.717, 1.165) is 88.7 Å². The van der Waals surface area contributed by atoms with Crippen LogP contribution >= 0.6 is 11.3 Å². The number of para-hydroxylation sites is 1. The Morgan fingerprint density at radius 3 is 1.91 bits per heavy atom. The van der Waals surface area contributed by atoms with Crippen molar-refractivity contribution in [1.29, 1.82) is 0 Å². The Morgan fingerprint density at radius 1 is 0.364 bits per heavy atom. The number of rotatable bonds is 5. The summed E-state index contributed by atoms with van der Waals surface area (Å²) in [7, 11) is 0. The lowest BCUT2D eigenvalue weighted by atomic mass is 10.0. The molecular weight excluding hydrogens is 697 g/mol. The van der Waals surface area contributed by atoms with Crippen LogP contribution in [0, 0.1) is 0 Å². The van der Waals surface area contributed by atoms with E-state index in [0.29, 0.717) is 5.89 Å². The Hall–Kier alpha value is -7.15. The van der Waals surface area contributed by atoms with Crippen molar-refractivity contribution in [3.05, 3.63) is 170 Å². The van der Waals surface area contributed by atoms with Crippen LogP contribution in [0.25, 0.3) is 97.7 Å². The van der Waals surface area contributed by atoms with Gasteiger partial charge in [0.05, 0.1) is 0 Å². The highest BCUT2D eigenvalue weighted by Crippen LogP contribution is 2.43. The van der Waals surface area contributed by atoms with Gasteiger partial charge in [-0.25, -0.2) is 4.98 Å². The number of oxazole rings is 1. The Labute approximate surface area is 317 Å². The number of hydrogen-bond donors (Lipinski definition) is 0. The van der Waals surface area contributed by atoms with Crippen LogP contribution in [0.4, 0.5) is 17.1 Å². The molecule has 0 radical (unpaired) electrons. The van der Waals surface area contributed by atoms with Crippen molar-refractivity contribution in [1.82, 2.24) is 4.98 Å². The summed E-state index contributed by atoms with van der Waals surface area (Å²) in [4.78, 5) is 7.07. The van der Waals surface area contributed by atoms with Gasteiger partial charge in [0.15, 0.2) is 5.58 Å². The second-order valence-electron chi connectivity index (χ2n) is 14.0. The number of aromatic nitrogens is 1. The van der Waals surface area contributed by atoms with Crippen molar-refractivity contribution in [3.63, 3.8) is 0 Å². The van der Waals surface area contributed by atoms with Crippen LogP contribution < -0.4 is 4.90 Å². The minimum Gasteiger partial charge on any atom is -0.456 e. The third-order valence-corrected chi connectivity index (χ3v) is 11.8. The molecule has 0 saturated heterocycles. The molecule has 4 heterocycles. The summed E-state index contributed by atoms with van der Waals surface area (Å²) in [5, 5.41) is 6.79. The lowest BCUT2D eigenvalue weighted by Gasteiger charge is -2.26. The van der Waals surface area contributed by atoms with Gasteiger partial charge in [-0.15, -0.1) is 11.3 Å². The van der Waals surface area contributed by atoms with Gasteiger partial charge < -0.3 is 18.2 Å². The third kappa shape index (κ3) is 4.82. The van der Waals surface area contributed by atoms with Gasteiger partial charge >= 0.3 is 0 Å². The Morgan fingerprint density at radius 2 is 1.02 bits per heavy atom. The molecule has 55 heavy (non-hydrogen) atoms. The molecule has 0 unspecified atom stereocenters. The van der Waals surface area contributed by atoms with Crippen LogP contribution in [0.3, 0.4) is 0 Å². The average molecular weight is 725 g/mol. The quantitative estimate of drug-likeness (QED) is 0.177. The zero-order chi connectivity index (χ0) is 36.0. The highest BCUT2D eigenvalue weighted by molar-refractivity contribution is 7.25. The van der Waals surface area contributed by atoms with Gasteiger partial charge in [-0.2, -0.15) is 0 Å². The van der Waals surface area contributed by atoms with Gasteiger partial charge in [-0.1, -0.05) is 72.8 Å². The number of thiophene rings is 1. The molecule has 12 rings (SSSR count). The predicted molar refractivity (Wildman–Crippen MR) is 227 cm³/mol. The molecule has 0 aliphatic carbocycles. The molecule has 6 heteroatoms. The van der Waals surface area contributed by atoms with Gasteiger partial charge in [0.1, 0.15) is 27.8 Å². The fourth-order valence-corrected chi connectivity index (χ4v) is 9.12. The predicted octanol–water partition coefficient (Wildman–Crippen LogP) is 14.8. The van der Waals surface area contributed by atoms with E-state index in [9.17, 15) is 0 Å². The first-order chi connectivity index (χ1) is 27.2. The third-order valence-electron chi connectivity index (χ3n) is 10.7. The largest absolute Gasteiger partial charge is 0.456 e. The van der Waals surface area contributed by atoms with E-state index in [1.165, 1.54) is 20.2 Å². The van der Waals surface area contributed by atoms with Crippen molar-refractivity contribution < 1.29 is 13.3 Å². The number of fused-ring (bicyclic) bond motifs is 10. The summed E-state index contributed by atoms with van der Waals surface area (Å²) in [5.74, 6) is 0.600. The van der Waals surface area contributed by atoms with Crippen LogP contribution in [0.15, 0.2) is 183 Å². The summed E-state index contributed by atoms with van der Waals surface area (Å²) < 4.78 is 21.5. The zero-order valence-electron chi connectivity index (χ0n) is 29.2. The van der Waals surface area contributed by atoms with Crippen molar-refractivity contribution >= 4 is 104 Å². The fraction of sp³-hybridized carbons (Fsp3) is 0. The lowest BCUT2D eigenvalue weighted by molar-refractivity contribution is 0.620. The molecule has 8 aromatic carbocycles. The SMILES string of the molecule is c1ccc(-c2nc3cc4oc5ccc(-c6ccc(N(c7ccc8c(c7)oc7ccccc78)c7ccc8sc9ccccc9c8c7)cc6)cc5c4cc3o2)cc1. The Kier molecular flexibility index (Phi) is 6.44. The van der Waals surface area contributed by atoms with E-state index in [2.05, 4.69) is 120 Å². The average Bonchev–Trinajstić information content (AvgIpc) is 4.01. The maximum atomic E-state index is 6.37. The van der Waals surface area contributed by atoms with E-state index in [4.69, 9.17) is 18.2 Å². The molecule has 0 aliphatic heterocycles. The maximum Gasteiger partial charge on any atom is 0.227 e. The topological polar surface area (TPSA) is 55.6 Å². The van der Waals surface area contributed by atoms with E-state index in [-0.39, 0.29) is 0 Å². The number of nitrogens with zero attached hydrogens (tertiary/aromatic N) is 2. The van der Waals surface area contributed by atoms with Crippen LogP contribution in [0.1, 0.15) is 0 Å². The second kappa shape index (κ2) is 11.7. The standard InChI is InChI=1S/C49H28N2O3S/c1-2-8-30(9-3-1)49-50-41-28-45-39(27-46(41)54-49)38-24-31(16-22-43(38)53-45)29-14-17-32(18-15-29)51(33-20-23-48-40(25-33)37-11-5-7-13-47(37)55-48)34-19-21-36-35-10-4-6-12-42(35)52-44(36)26-34/h1-28H. The van der Waals surface area contributed by atoms with Gasteiger partial charge in [0.25, 0.3) is 0 Å². The molecular formula is C49H28N2O3S.